The summed E-state index contributed by atoms with van der Waals surface area (Å²) in [6, 6.07) is 8.18. The fourth-order valence-electron chi connectivity index (χ4n) is 3.65. The Balaban J connectivity index is 2.60. The molecule has 0 amide bonds. The Morgan fingerprint density at radius 3 is 2.24 bits per heavy atom. The Bertz CT molecular complexity index is 901. The van der Waals surface area contributed by atoms with Crippen molar-refractivity contribution in [3.8, 4) is 11.5 Å². The summed E-state index contributed by atoms with van der Waals surface area (Å²) >= 11 is 0. The molecule has 3 heteroatoms. The highest BCUT2D eigenvalue weighted by Gasteiger charge is 2.22. The maximum atomic E-state index is 12.0. The maximum Gasteiger partial charge on any atom is 0.335 e. The predicted octanol–water partition coefficient (Wildman–Crippen LogP) is 6.33. The average molecular weight is 395 g/mol. The molecule has 0 aliphatic rings. The smallest absolute Gasteiger partial charge is 0.335 e. The molecule has 0 atom stereocenters. The second-order valence-corrected chi connectivity index (χ2v) is 8.89. The normalized spacial score (nSPS) is 11.4. The molecule has 2 aromatic carbocycles. The molecular weight excluding hydrogens is 360 g/mol. The second kappa shape index (κ2) is 9.30. The third kappa shape index (κ3) is 5.72. The van der Waals surface area contributed by atoms with E-state index in [1.54, 1.807) is 0 Å². The fourth-order valence-corrected chi connectivity index (χ4v) is 3.65. The van der Waals surface area contributed by atoms with Gasteiger partial charge < -0.3 is 9.84 Å². The van der Waals surface area contributed by atoms with Crippen molar-refractivity contribution in [2.45, 2.75) is 72.6 Å². The highest BCUT2D eigenvalue weighted by molar-refractivity contribution is 5.84. The molecule has 0 bridgehead atoms. The summed E-state index contributed by atoms with van der Waals surface area (Å²) in [7, 11) is 0. The molecule has 2 aromatic rings. The van der Waals surface area contributed by atoms with Gasteiger partial charge in [0.1, 0.15) is 11.5 Å². The van der Waals surface area contributed by atoms with E-state index in [-0.39, 0.29) is 5.41 Å². The number of carbonyl (C=O) groups excluding carboxylic acids is 1. The van der Waals surface area contributed by atoms with Crippen molar-refractivity contribution >= 4 is 5.97 Å². The molecular formula is C26H34O3. The van der Waals surface area contributed by atoms with Gasteiger partial charge in [0.2, 0.25) is 0 Å². The number of carbonyl (C=O) groups is 1. The zero-order chi connectivity index (χ0) is 21.8. The Hall–Kier alpha value is -2.55. The van der Waals surface area contributed by atoms with E-state index >= 15 is 0 Å². The SMILES string of the molecule is C=CC(=O)Oc1c(CCCC)cc(C)cc1Cc1cc(C)cc(C(C)(C)C)c1O. The molecule has 0 fully saturated rings. The van der Waals surface area contributed by atoms with Crippen molar-refractivity contribution in [1.29, 1.82) is 0 Å². The number of aryl methyl sites for hydroxylation is 3. The number of benzene rings is 2. The van der Waals surface area contributed by atoms with Crippen molar-refractivity contribution in [1.82, 2.24) is 0 Å². The van der Waals surface area contributed by atoms with Crippen LogP contribution < -0.4 is 4.74 Å². The van der Waals surface area contributed by atoms with Crippen LogP contribution in [0.2, 0.25) is 0 Å². The Labute approximate surface area is 175 Å². The van der Waals surface area contributed by atoms with Gasteiger partial charge in [-0.1, -0.05) is 76.1 Å². The van der Waals surface area contributed by atoms with Crippen LogP contribution in [0.1, 0.15) is 73.9 Å². The van der Waals surface area contributed by atoms with Crippen LogP contribution in [-0.2, 0) is 23.1 Å². The third-order valence-corrected chi connectivity index (χ3v) is 5.08. The zero-order valence-corrected chi connectivity index (χ0v) is 18.7. The van der Waals surface area contributed by atoms with E-state index < -0.39 is 5.97 Å². The Kier molecular flexibility index (Phi) is 7.29. The highest BCUT2D eigenvalue weighted by Crippen LogP contribution is 2.37. The maximum absolute atomic E-state index is 12.0. The number of ether oxygens (including phenoxy) is 1. The summed E-state index contributed by atoms with van der Waals surface area (Å²) in [5.74, 6) is 0.463. The number of phenolic OH excluding ortho intramolecular Hbond substituents is 1. The highest BCUT2D eigenvalue weighted by atomic mass is 16.5. The molecule has 0 heterocycles. The summed E-state index contributed by atoms with van der Waals surface area (Å²) in [5.41, 5.74) is 5.77. The van der Waals surface area contributed by atoms with Gasteiger partial charge in [-0.15, -0.1) is 0 Å². The van der Waals surface area contributed by atoms with Gasteiger partial charge in [-0.2, -0.15) is 0 Å². The molecule has 0 saturated carbocycles. The molecule has 156 valence electrons. The van der Waals surface area contributed by atoms with Crippen molar-refractivity contribution in [2.75, 3.05) is 0 Å². The van der Waals surface area contributed by atoms with Gasteiger partial charge in [0, 0.05) is 12.5 Å². The molecule has 1 N–H and O–H groups in total. The first kappa shape index (κ1) is 22.7. The number of esters is 1. The topological polar surface area (TPSA) is 46.5 Å². The van der Waals surface area contributed by atoms with E-state index in [1.807, 2.05) is 25.1 Å². The van der Waals surface area contributed by atoms with Crippen LogP contribution >= 0.6 is 0 Å². The second-order valence-electron chi connectivity index (χ2n) is 8.89. The van der Waals surface area contributed by atoms with Gasteiger partial charge in [-0.25, -0.2) is 4.79 Å². The quantitative estimate of drug-likeness (QED) is 0.339. The molecule has 29 heavy (non-hydrogen) atoms. The third-order valence-electron chi connectivity index (χ3n) is 5.08. The van der Waals surface area contributed by atoms with E-state index in [9.17, 15) is 9.90 Å². The lowest BCUT2D eigenvalue weighted by Gasteiger charge is -2.23. The van der Waals surface area contributed by atoms with E-state index in [0.29, 0.717) is 17.9 Å². The van der Waals surface area contributed by atoms with Crippen LogP contribution in [0.25, 0.3) is 0 Å². The van der Waals surface area contributed by atoms with Crippen molar-refractivity contribution in [3.05, 3.63) is 70.3 Å². The van der Waals surface area contributed by atoms with Crippen LogP contribution in [0, 0.1) is 13.8 Å². The average Bonchev–Trinajstić information content (AvgIpc) is 2.63. The number of hydrogen-bond acceptors (Lipinski definition) is 3. The van der Waals surface area contributed by atoms with Gasteiger partial charge in [0.05, 0.1) is 0 Å². The first-order valence-corrected chi connectivity index (χ1v) is 10.4. The number of phenols is 1. The minimum Gasteiger partial charge on any atom is -0.507 e. The van der Waals surface area contributed by atoms with Crippen LogP contribution in [0.5, 0.6) is 11.5 Å². The number of rotatable bonds is 7. The lowest BCUT2D eigenvalue weighted by atomic mass is 9.83. The lowest BCUT2D eigenvalue weighted by molar-refractivity contribution is -0.129. The van der Waals surface area contributed by atoms with Crippen LogP contribution in [0.4, 0.5) is 0 Å². The summed E-state index contributed by atoms with van der Waals surface area (Å²) < 4.78 is 5.68. The largest absolute Gasteiger partial charge is 0.507 e. The first-order chi connectivity index (χ1) is 13.6. The summed E-state index contributed by atoms with van der Waals surface area (Å²) in [5, 5.41) is 11.0. The predicted molar refractivity (Wildman–Crippen MR) is 120 cm³/mol. The number of unbranched alkanes of at least 4 members (excludes halogenated alkanes) is 1. The number of aromatic hydroxyl groups is 1. The molecule has 0 spiro atoms. The molecule has 0 radical (unpaired) electrons. The van der Waals surface area contributed by atoms with Gasteiger partial charge in [0.25, 0.3) is 0 Å². The zero-order valence-electron chi connectivity index (χ0n) is 18.7. The first-order valence-electron chi connectivity index (χ1n) is 10.4. The number of hydrogen-bond donors (Lipinski definition) is 1. The Morgan fingerprint density at radius 1 is 1.07 bits per heavy atom. The van der Waals surface area contributed by atoms with Crippen LogP contribution in [0.3, 0.4) is 0 Å². The van der Waals surface area contributed by atoms with Crippen molar-refractivity contribution in [3.63, 3.8) is 0 Å². The molecule has 2 rings (SSSR count). The molecule has 0 aliphatic heterocycles. The Morgan fingerprint density at radius 2 is 1.66 bits per heavy atom. The summed E-state index contributed by atoms with van der Waals surface area (Å²) in [4.78, 5) is 12.0. The molecule has 0 aromatic heterocycles. The molecule has 0 unspecified atom stereocenters. The van der Waals surface area contributed by atoms with E-state index in [2.05, 4.69) is 47.3 Å². The lowest BCUT2D eigenvalue weighted by Crippen LogP contribution is -2.13. The van der Waals surface area contributed by atoms with Gasteiger partial charge >= 0.3 is 5.97 Å². The van der Waals surface area contributed by atoms with Gasteiger partial charge in [-0.3, -0.25) is 0 Å². The van der Waals surface area contributed by atoms with Crippen LogP contribution in [0.15, 0.2) is 36.9 Å². The minimum atomic E-state index is -0.461. The van der Waals surface area contributed by atoms with Gasteiger partial charge in [0.15, 0.2) is 0 Å². The summed E-state index contributed by atoms with van der Waals surface area (Å²) in [6.45, 7) is 16.1. The van der Waals surface area contributed by atoms with Crippen molar-refractivity contribution < 1.29 is 14.6 Å². The molecule has 0 saturated heterocycles. The van der Waals surface area contributed by atoms with E-state index in [4.69, 9.17) is 4.74 Å². The molecule has 0 aliphatic carbocycles. The van der Waals surface area contributed by atoms with Gasteiger partial charge in [-0.05, 0) is 54.4 Å². The standard InChI is InChI=1S/C26H34O3/c1-8-10-11-19-12-17(3)14-21(25(19)29-23(27)9-2)16-20-13-18(4)15-22(24(20)28)26(5,6)7/h9,12-15,28H,2,8,10-11,16H2,1,3-7H3. The van der Waals surface area contributed by atoms with E-state index in [1.165, 1.54) is 6.08 Å². The fraction of sp³-hybridized carbons (Fsp3) is 0.423. The molecule has 3 nitrogen and oxygen atoms in total. The monoisotopic (exact) mass is 394 g/mol. The van der Waals surface area contributed by atoms with Crippen LogP contribution in [-0.4, -0.2) is 11.1 Å². The minimum absolute atomic E-state index is 0.165. The summed E-state index contributed by atoms with van der Waals surface area (Å²) in [6.07, 6.45) is 4.61. The van der Waals surface area contributed by atoms with Crippen molar-refractivity contribution in [2.24, 2.45) is 0 Å². The van der Waals surface area contributed by atoms with E-state index in [0.717, 1.165) is 52.6 Å².